The molecule has 2 rings (SSSR count). The monoisotopic (exact) mass is 257 g/mol. The zero-order chi connectivity index (χ0) is 13.7. The maximum atomic E-state index is 10.3. The summed E-state index contributed by atoms with van der Waals surface area (Å²) in [4.78, 5) is 22.2. The maximum Gasteiger partial charge on any atom is 0.233 e. The predicted octanol–water partition coefficient (Wildman–Crippen LogP) is 1.92. The lowest BCUT2D eigenvalue weighted by Gasteiger charge is -2.14. The van der Waals surface area contributed by atoms with Gasteiger partial charge in [0.2, 0.25) is 18.3 Å². The molecular formula is C13H15N5O. The lowest BCUT2D eigenvalue weighted by atomic mass is 10.1. The van der Waals surface area contributed by atoms with Gasteiger partial charge in [0.25, 0.3) is 0 Å². The molecule has 1 aromatic carbocycles. The van der Waals surface area contributed by atoms with Gasteiger partial charge in [0.15, 0.2) is 0 Å². The van der Waals surface area contributed by atoms with E-state index in [2.05, 4.69) is 31.7 Å². The zero-order valence-corrected chi connectivity index (χ0v) is 10.8. The van der Waals surface area contributed by atoms with Crippen LogP contribution in [-0.2, 0) is 4.79 Å². The Balaban J connectivity index is 2.12. The Bertz CT molecular complexity index is 572. The molecule has 0 radical (unpaired) electrons. The highest BCUT2D eigenvalue weighted by Gasteiger charge is 2.07. The van der Waals surface area contributed by atoms with Crippen molar-refractivity contribution >= 4 is 18.3 Å². The second-order valence-electron chi connectivity index (χ2n) is 4.18. The first-order chi connectivity index (χ1) is 9.19. The quantitative estimate of drug-likeness (QED) is 0.800. The summed E-state index contributed by atoms with van der Waals surface area (Å²) in [6.07, 6.45) is 1.88. The van der Waals surface area contributed by atoms with Crippen LogP contribution in [0.3, 0.4) is 0 Å². The highest BCUT2D eigenvalue weighted by molar-refractivity contribution is 5.66. The number of nitrogens with zero attached hydrogens (tertiary/aromatic N) is 3. The second kappa shape index (κ2) is 5.90. The smallest absolute Gasteiger partial charge is 0.233 e. The predicted molar refractivity (Wildman–Crippen MR) is 72.7 cm³/mol. The van der Waals surface area contributed by atoms with Gasteiger partial charge in [0.05, 0.1) is 6.04 Å². The van der Waals surface area contributed by atoms with Crippen LogP contribution < -0.4 is 10.6 Å². The Morgan fingerprint density at radius 1 is 1.26 bits per heavy atom. The molecular weight excluding hydrogens is 242 g/mol. The van der Waals surface area contributed by atoms with Crippen molar-refractivity contribution in [1.29, 1.82) is 0 Å². The van der Waals surface area contributed by atoms with Crippen molar-refractivity contribution in [3.8, 4) is 0 Å². The summed E-state index contributed by atoms with van der Waals surface area (Å²) in [6, 6.07) is 8.26. The summed E-state index contributed by atoms with van der Waals surface area (Å²) in [5.41, 5.74) is 2.34. The van der Waals surface area contributed by atoms with E-state index in [0.29, 0.717) is 12.4 Å². The van der Waals surface area contributed by atoms with Crippen LogP contribution in [0.4, 0.5) is 11.9 Å². The van der Waals surface area contributed by atoms with Gasteiger partial charge in [-0.15, -0.1) is 0 Å². The number of carbonyl (C=O) groups excluding carboxylic acids is 1. The summed E-state index contributed by atoms with van der Waals surface area (Å²) in [5.74, 6) is 0.650. The number of anilines is 2. The number of aryl methyl sites for hydroxylation is 1. The number of rotatable bonds is 5. The fraction of sp³-hybridized carbons (Fsp3) is 0.231. The number of benzene rings is 1. The van der Waals surface area contributed by atoms with Gasteiger partial charge >= 0.3 is 0 Å². The minimum absolute atomic E-state index is 0.0615. The van der Waals surface area contributed by atoms with E-state index in [0.717, 1.165) is 5.56 Å². The summed E-state index contributed by atoms with van der Waals surface area (Å²) in [7, 11) is 0. The average molecular weight is 257 g/mol. The molecule has 0 aliphatic rings. The van der Waals surface area contributed by atoms with E-state index in [9.17, 15) is 4.79 Å². The molecule has 6 heteroatoms. The number of carbonyl (C=O) groups is 1. The van der Waals surface area contributed by atoms with Crippen molar-refractivity contribution in [1.82, 2.24) is 15.0 Å². The topological polar surface area (TPSA) is 79.8 Å². The fourth-order valence-electron chi connectivity index (χ4n) is 1.70. The molecule has 0 spiro atoms. The number of aromatic nitrogens is 3. The third-order valence-electron chi connectivity index (χ3n) is 2.65. The summed E-state index contributed by atoms with van der Waals surface area (Å²) < 4.78 is 0. The van der Waals surface area contributed by atoms with E-state index in [-0.39, 0.29) is 12.0 Å². The molecule has 1 atom stereocenters. The lowest BCUT2D eigenvalue weighted by molar-refractivity contribution is -0.105. The molecule has 0 saturated heterocycles. The van der Waals surface area contributed by atoms with Gasteiger partial charge < -0.3 is 5.32 Å². The summed E-state index contributed by atoms with van der Waals surface area (Å²) in [6.45, 7) is 4.07. The van der Waals surface area contributed by atoms with Crippen molar-refractivity contribution in [3.63, 3.8) is 0 Å². The molecule has 6 nitrogen and oxygen atoms in total. The Kier molecular flexibility index (Phi) is 4.02. The van der Waals surface area contributed by atoms with Crippen LogP contribution in [-0.4, -0.2) is 21.4 Å². The average Bonchev–Trinajstić information content (AvgIpc) is 2.39. The van der Waals surface area contributed by atoms with Crippen LogP contribution in [0, 0.1) is 6.92 Å². The molecule has 1 amide bonds. The van der Waals surface area contributed by atoms with E-state index >= 15 is 0 Å². The molecule has 1 heterocycles. The van der Waals surface area contributed by atoms with Gasteiger partial charge in [-0.2, -0.15) is 4.98 Å². The van der Waals surface area contributed by atoms with Crippen LogP contribution in [0.1, 0.15) is 24.1 Å². The molecule has 98 valence electrons. The van der Waals surface area contributed by atoms with Crippen LogP contribution in [0.2, 0.25) is 0 Å². The molecule has 0 saturated carbocycles. The molecule has 0 fully saturated rings. The first-order valence-electron chi connectivity index (χ1n) is 5.91. The first kappa shape index (κ1) is 12.9. The van der Waals surface area contributed by atoms with Crippen LogP contribution in [0.5, 0.6) is 0 Å². The number of hydrogen-bond acceptors (Lipinski definition) is 5. The Morgan fingerprint density at radius 2 is 2.05 bits per heavy atom. The Hall–Kier alpha value is -2.50. The van der Waals surface area contributed by atoms with Gasteiger partial charge in [-0.1, -0.05) is 29.8 Å². The van der Waals surface area contributed by atoms with E-state index in [4.69, 9.17) is 0 Å². The van der Waals surface area contributed by atoms with E-state index < -0.39 is 0 Å². The number of nitrogens with one attached hydrogen (secondary N) is 2. The third kappa shape index (κ3) is 3.48. The van der Waals surface area contributed by atoms with Crippen LogP contribution in [0.15, 0.2) is 30.6 Å². The van der Waals surface area contributed by atoms with Crippen molar-refractivity contribution in [2.75, 3.05) is 10.6 Å². The van der Waals surface area contributed by atoms with Crippen LogP contribution >= 0.6 is 0 Å². The van der Waals surface area contributed by atoms with E-state index in [1.54, 1.807) is 0 Å². The van der Waals surface area contributed by atoms with Crippen LogP contribution in [0.25, 0.3) is 0 Å². The first-order valence-corrected chi connectivity index (χ1v) is 5.91. The second-order valence-corrected chi connectivity index (χ2v) is 4.18. The molecule has 0 bridgehead atoms. The molecule has 0 unspecified atom stereocenters. The molecule has 2 N–H and O–H groups in total. The molecule has 0 aliphatic carbocycles. The van der Waals surface area contributed by atoms with E-state index in [1.807, 2.05) is 32.0 Å². The zero-order valence-electron chi connectivity index (χ0n) is 10.8. The normalized spacial score (nSPS) is 11.7. The lowest BCUT2D eigenvalue weighted by Crippen LogP contribution is -2.11. The number of amides is 1. The van der Waals surface area contributed by atoms with Crippen molar-refractivity contribution < 1.29 is 4.79 Å². The summed E-state index contributed by atoms with van der Waals surface area (Å²) in [5, 5.41) is 5.55. The molecule has 2 aromatic rings. The largest absolute Gasteiger partial charge is 0.348 e. The minimum atomic E-state index is 0.0615. The molecule has 0 aliphatic heterocycles. The highest BCUT2D eigenvalue weighted by Crippen LogP contribution is 2.17. The van der Waals surface area contributed by atoms with Gasteiger partial charge in [-0.25, -0.2) is 9.97 Å². The van der Waals surface area contributed by atoms with Gasteiger partial charge in [0, 0.05) is 0 Å². The highest BCUT2D eigenvalue weighted by atomic mass is 16.1. The Labute approximate surface area is 111 Å². The summed E-state index contributed by atoms with van der Waals surface area (Å²) >= 11 is 0. The van der Waals surface area contributed by atoms with Crippen molar-refractivity contribution in [2.45, 2.75) is 19.9 Å². The third-order valence-corrected chi connectivity index (χ3v) is 2.65. The van der Waals surface area contributed by atoms with Crippen molar-refractivity contribution in [3.05, 3.63) is 41.7 Å². The standard InChI is InChI=1S/C13H15N5O/c1-9-4-3-5-11(6-9)10(2)17-13-15-7-14-12(18-13)16-8-19/h3-8,10H,1-2H3,(H2,14,15,16,17,18,19)/t10-/m1/s1. The molecule has 19 heavy (non-hydrogen) atoms. The minimum Gasteiger partial charge on any atom is -0.348 e. The van der Waals surface area contributed by atoms with Crippen molar-refractivity contribution in [2.24, 2.45) is 0 Å². The number of hydrogen-bond donors (Lipinski definition) is 2. The fourth-order valence-corrected chi connectivity index (χ4v) is 1.70. The maximum absolute atomic E-state index is 10.3. The van der Waals surface area contributed by atoms with E-state index in [1.165, 1.54) is 11.9 Å². The van der Waals surface area contributed by atoms with Gasteiger partial charge in [-0.3, -0.25) is 10.1 Å². The SMILES string of the molecule is Cc1cccc([C@@H](C)Nc2ncnc(NC=O)n2)c1. The molecule has 1 aromatic heterocycles. The van der Waals surface area contributed by atoms with Gasteiger partial charge in [-0.05, 0) is 19.4 Å². The Morgan fingerprint density at radius 3 is 2.79 bits per heavy atom. The van der Waals surface area contributed by atoms with Gasteiger partial charge in [0.1, 0.15) is 6.33 Å².